The first-order chi connectivity index (χ1) is 17.7. The van der Waals surface area contributed by atoms with Gasteiger partial charge in [0.05, 0.1) is 24.1 Å². The van der Waals surface area contributed by atoms with Crippen molar-refractivity contribution in [2.24, 2.45) is 5.92 Å². The highest BCUT2D eigenvalue weighted by Gasteiger charge is 2.30. The molecule has 3 atom stereocenters. The highest BCUT2D eigenvalue weighted by atomic mass is 16.5. The molecule has 200 valence electrons. The summed E-state index contributed by atoms with van der Waals surface area (Å²) in [6.07, 6.45) is 1.54. The average Bonchev–Trinajstić information content (AvgIpc) is 2.88. The van der Waals surface area contributed by atoms with E-state index < -0.39 is 0 Å². The van der Waals surface area contributed by atoms with Crippen LogP contribution in [-0.4, -0.2) is 92.2 Å². The summed E-state index contributed by atoms with van der Waals surface area (Å²) in [6, 6.07) is 10.1. The molecule has 0 spiro atoms. The molecule has 0 bridgehead atoms. The third kappa shape index (κ3) is 7.50. The molecule has 1 aromatic heterocycles. The molecule has 3 amide bonds. The first-order valence-corrected chi connectivity index (χ1v) is 12.3. The maximum absolute atomic E-state index is 13.4. The molecule has 0 fully saturated rings. The van der Waals surface area contributed by atoms with Crippen molar-refractivity contribution in [1.29, 1.82) is 0 Å². The number of nitrogens with zero attached hydrogens (tertiary/aromatic N) is 3. The topological polar surface area (TPSA) is 110 Å². The van der Waals surface area contributed by atoms with Gasteiger partial charge in [0.1, 0.15) is 19.0 Å². The maximum atomic E-state index is 13.4. The molecule has 1 aromatic carbocycles. The van der Waals surface area contributed by atoms with Gasteiger partial charge in [-0.05, 0) is 37.3 Å². The van der Waals surface area contributed by atoms with E-state index in [0.717, 1.165) is 0 Å². The largest absolute Gasteiger partial charge is 0.491 e. The van der Waals surface area contributed by atoms with Gasteiger partial charge in [-0.2, -0.15) is 0 Å². The van der Waals surface area contributed by atoms with Crippen LogP contribution in [0.5, 0.6) is 5.75 Å². The molecule has 10 heteroatoms. The fraction of sp³-hybridized carbons (Fsp3) is 0.481. The van der Waals surface area contributed by atoms with Crippen molar-refractivity contribution in [2.75, 3.05) is 52.9 Å². The Hall–Kier alpha value is -3.50. The first-order valence-electron chi connectivity index (χ1n) is 12.3. The zero-order valence-corrected chi connectivity index (χ0v) is 22.1. The van der Waals surface area contributed by atoms with E-state index in [2.05, 4.69) is 10.3 Å². The molecule has 10 nitrogen and oxygen atoms in total. The fourth-order valence-electron chi connectivity index (χ4n) is 4.29. The van der Waals surface area contributed by atoms with Gasteiger partial charge in [0, 0.05) is 57.9 Å². The van der Waals surface area contributed by atoms with Crippen LogP contribution in [0.3, 0.4) is 0 Å². The summed E-state index contributed by atoms with van der Waals surface area (Å²) in [5.41, 5.74) is 1.45. The van der Waals surface area contributed by atoms with E-state index in [4.69, 9.17) is 14.2 Å². The number of ether oxygens (including phenoxy) is 3. The summed E-state index contributed by atoms with van der Waals surface area (Å²) in [6.45, 7) is 4.75. The molecule has 0 radical (unpaired) electrons. The van der Waals surface area contributed by atoms with Crippen LogP contribution >= 0.6 is 0 Å². The normalized spacial score (nSPS) is 20.8. The van der Waals surface area contributed by atoms with Gasteiger partial charge in [-0.15, -0.1) is 0 Å². The molecular formula is C27H36N4O6. The minimum atomic E-state index is -0.332. The number of carbonyl (C=O) groups excluding carboxylic acids is 3. The van der Waals surface area contributed by atoms with Crippen molar-refractivity contribution in [3.8, 4) is 5.75 Å². The van der Waals surface area contributed by atoms with Crippen LogP contribution in [0, 0.1) is 5.92 Å². The number of hydrogen-bond donors (Lipinski definition) is 1. The molecule has 0 unspecified atom stereocenters. The Morgan fingerprint density at radius 1 is 1.16 bits per heavy atom. The van der Waals surface area contributed by atoms with Crippen molar-refractivity contribution in [1.82, 2.24) is 14.8 Å². The number of amides is 3. The van der Waals surface area contributed by atoms with Crippen LogP contribution in [-0.2, 0) is 25.5 Å². The van der Waals surface area contributed by atoms with Gasteiger partial charge in [0.2, 0.25) is 11.8 Å². The van der Waals surface area contributed by atoms with Gasteiger partial charge in [-0.3, -0.25) is 19.4 Å². The van der Waals surface area contributed by atoms with Gasteiger partial charge >= 0.3 is 0 Å². The molecule has 0 saturated heterocycles. The highest BCUT2D eigenvalue weighted by Crippen LogP contribution is 2.26. The smallest absolute Gasteiger partial charge is 0.257 e. The van der Waals surface area contributed by atoms with Gasteiger partial charge in [0.15, 0.2) is 0 Å². The van der Waals surface area contributed by atoms with Crippen LogP contribution in [0.2, 0.25) is 0 Å². The molecule has 37 heavy (non-hydrogen) atoms. The molecule has 1 aliphatic heterocycles. The predicted molar refractivity (Wildman–Crippen MR) is 138 cm³/mol. The molecule has 0 saturated carbocycles. The van der Waals surface area contributed by atoms with E-state index in [0.29, 0.717) is 35.8 Å². The van der Waals surface area contributed by atoms with Gasteiger partial charge in [0.25, 0.3) is 5.91 Å². The number of fused-ring (bicyclic) bond motifs is 1. The lowest BCUT2D eigenvalue weighted by Crippen LogP contribution is -2.49. The molecule has 1 aliphatic rings. The Morgan fingerprint density at radius 3 is 2.62 bits per heavy atom. The van der Waals surface area contributed by atoms with E-state index >= 15 is 0 Å². The lowest BCUT2D eigenvalue weighted by molar-refractivity contribution is -0.134. The van der Waals surface area contributed by atoms with Gasteiger partial charge in [-0.1, -0.05) is 13.0 Å². The Bertz CT molecular complexity index is 1080. The average molecular weight is 513 g/mol. The summed E-state index contributed by atoms with van der Waals surface area (Å²) in [4.78, 5) is 46.5. The Morgan fingerprint density at radius 2 is 1.95 bits per heavy atom. The van der Waals surface area contributed by atoms with Crippen molar-refractivity contribution in [3.05, 3.63) is 53.9 Å². The predicted octanol–water partition coefficient (Wildman–Crippen LogP) is 2.24. The summed E-state index contributed by atoms with van der Waals surface area (Å²) in [5, 5.41) is 2.72. The van der Waals surface area contributed by atoms with E-state index in [9.17, 15) is 14.4 Å². The van der Waals surface area contributed by atoms with Crippen LogP contribution in [0.4, 0.5) is 5.69 Å². The number of hydrogen-bond acceptors (Lipinski definition) is 7. The lowest BCUT2D eigenvalue weighted by Gasteiger charge is -2.36. The van der Waals surface area contributed by atoms with E-state index in [1.54, 1.807) is 48.4 Å². The van der Waals surface area contributed by atoms with Gasteiger partial charge in [-0.25, -0.2) is 0 Å². The van der Waals surface area contributed by atoms with Crippen LogP contribution < -0.4 is 10.1 Å². The summed E-state index contributed by atoms with van der Waals surface area (Å²) < 4.78 is 16.7. The minimum absolute atomic E-state index is 0.0607. The number of methoxy groups -OCH3 is 2. The third-order valence-electron chi connectivity index (χ3n) is 6.38. The number of anilines is 1. The molecular weight excluding hydrogens is 476 g/mol. The minimum Gasteiger partial charge on any atom is -0.491 e. The van der Waals surface area contributed by atoms with Crippen molar-refractivity contribution < 1.29 is 28.6 Å². The number of pyridine rings is 1. The molecule has 3 rings (SSSR count). The van der Waals surface area contributed by atoms with Crippen molar-refractivity contribution >= 4 is 23.4 Å². The second kappa shape index (κ2) is 13.2. The number of benzene rings is 1. The third-order valence-corrected chi connectivity index (χ3v) is 6.38. The SMILES string of the molecule is COCC(=O)Nc1ccc2c(c1)C(=O)N(C)C[C@@H](OC)[C@@H](C)CN(C(=O)Cc1ccccn1)[C@H](C)CO2. The summed E-state index contributed by atoms with van der Waals surface area (Å²) in [5.74, 6) is -0.346. The number of carbonyl (C=O) groups is 3. The van der Waals surface area contributed by atoms with Crippen LogP contribution in [0.25, 0.3) is 0 Å². The van der Waals surface area contributed by atoms with Crippen molar-refractivity contribution in [3.63, 3.8) is 0 Å². The second-order valence-electron chi connectivity index (χ2n) is 9.33. The lowest BCUT2D eigenvalue weighted by atomic mass is 10.0. The number of aromatic nitrogens is 1. The zero-order chi connectivity index (χ0) is 26.9. The van der Waals surface area contributed by atoms with Crippen LogP contribution in [0.1, 0.15) is 29.9 Å². The fourth-order valence-corrected chi connectivity index (χ4v) is 4.29. The molecule has 1 N–H and O–H groups in total. The second-order valence-corrected chi connectivity index (χ2v) is 9.33. The summed E-state index contributed by atoms with van der Waals surface area (Å²) in [7, 11) is 4.73. The number of likely N-dealkylation sites (N-methyl/N-ethyl adjacent to an activating group) is 1. The van der Waals surface area contributed by atoms with E-state index in [1.165, 1.54) is 7.11 Å². The van der Waals surface area contributed by atoms with E-state index in [1.807, 2.05) is 32.0 Å². The van der Waals surface area contributed by atoms with Crippen molar-refractivity contribution in [2.45, 2.75) is 32.4 Å². The number of nitrogens with one attached hydrogen (secondary N) is 1. The molecule has 2 heterocycles. The Balaban J connectivity index is 1.92. The Kier molecular flexibility index (Phi) is 9.99. The maximum Gasteiger partial charge on any atom is 0.257 e. The zero-order valence-electron chi connectivity index (χ0n) is 22.1. The van der Waals surface area contributed by atoms with E-state index in [-0.39, 0.29) is 55.4 Å². The van der Waals surface area contributed by atoms with Crippen LogP contribution in [0.15, 0.2) is 42.6 Å². The quantitative estimate of drug-likeness (QED) is 0.632. The van der Waals surface area contributed by atoms with Gasteiger partial charge < -0.3 is 29.3 Å². The number of rotatable bonds is 6. The Labute approximate surface area is 217 Å². The molecule has 2 aromatic rings. The first kappa shape index (κ1) is 28.1. The molecule has 0 aliphatic carbocycles. The standard InChI is InChI=1S/C27H36N4O6/c1-18-14-31(26(33)13-20-8-6-7-11-28-20)19(2)16-37-23-10-9-21(29-25(32)17-35-4)12-22(23)27(34)30(3)15-24(18)36-5/h6-12,18-19,24H,13-17H2,1-5H3,(H,29,32)/t18-,19+,24+/m0/s1. The monoisotopic (exact) mass is 512 g/mol. The highest BCUT2D eigenvalue weighted by molar-refractivity contribution is 5.99. The summed E-state index contributed by atoms with van der Waals surface area (Å²) >= 11 is 0.